The summed E-state index contributed by atoms with van der Waals surface area (Å²) in [6.07, 6.45) is 1.43. The predicted octanol–water partition coefficient (Wildman–Crippen LogP) is 2.34. The van der Waals surface area contributed by atoms with Gasteiger partial charge in [-0.25, -0.2) is 13.1 Å². The Morgan fingerprint density at radius 2 is 2.10 bits per heavy atom. The van der Waals surface area contributed by atoms with E-state index in [1.807, 2.05) is 6.92 Å². The Balaban J connectivity index is 2.66. The maximum Gasteiger partial charge on any atom is 0.289 e. The Labute approximate surface area is 128 Å². The molecule has 0 amide bonds. The van der Waals surface area contributed by atoms with Crippen LogP contribution in [-0.2, 0) is 14.8 Å². The van der Waals surface area contributed by atoms with Crippen LogP contribution in [0.1, 0.15) is 19.8 Å². The number of nitro groups is 1. The van der Waals surface area contributed by atoms with Crippen molar-refractivity contribution in [1.82, 2.24) is 4.72 Å². The van der Waals surface area contributed by atoms with E-state index in [0.29, 0.717) is 19.6 Å². The minimum Gasteiger partial charge on any atom is -0.381 e. The third-order valence-corrected chi connectivity index (χ3v) is 4.31. The summed E-state index contributed by atoms with van der Waals surface area (Å²) in [4.78, 5) is 9.84. The molecule has 0 aliphatic heterocycles. The van der Waals surface area contributed by atoms with E-state index in [4.69, 9.17) is 16.3 Å². The van der Waals surface area contributed by atoms with Gasteiger partial charge in [-0.1, -0.05) is 18.5 Å². The van der Waals surface area contributed by atoms with E-state index in [2.05, 4.69) is 4.72 Å². The van der Waals surface area contributed by atoms with Gasteiger partial charge >= 0.3 is 0 Å². The lowest BCUT2D eigenvalue weighted by Gasteiger charge is -2.07. The highest BCUT2D eigenvalue weighted by molar-refractivity contribution is 7.89. The van der Waals surface area contributed by atoms with Crippen molar-refractivity contribution in [2.24, 2.45) is 0 Å². The van der Waals surface area contributed by atoms with Crippen LogP contribution >= 0.6 is 11.6 Å². The predicted molar refractivity (Wildman–Crippen MR) is 79.0 cm³/mol. The molecule has 0 saturated heterocycles. The fourth-order valence-corrected chi connectivity index (χ4v) is 2.79. The van der Waals surface area contributed by atoms with Gasteiger partial charge in [0.15, 0.2) is 0 Å². The van der Waals surface area contributed by atoms with Gasteiger partial charge in [-0.3, -0.25) is 10.1 Å². The van der Waals surface area contributed by atoms with E-state index < -0.39 is 20.6 Å². The summed E-state index contributed by atoms with van der Waals surface area (Å²) in [5.74, 6) is 0. The lowest BCUT2D eigenvalue weighted by molar-refractivity contribution is -0.384. The molecule has 21 heavy (non-hydrogen) atoms. The van der Waals surface area contributed by atoms with Crippen molar-refractivity contribution in [2.45, 2.75) is 24.7 Å². The number of ether oxygens (including phenoxy) is 1. The molecule has 0 spiro atoms. The fourth-order valence-electron chi connectivity index (χ4n) is 1.51. The number of hydrogen-bond donors (Lipinski definition) is 1. The van der Waals surface area contributed by atoms with Crippen molar-refractivity contribution in [3.8, 4) is 0 Å². The van der Waals surface area contributed by atoms with E-state index in [-0.39, 0.29) is 16.5 Å². The first-order chi connectivity index (χ1) is 9.88. The number of halogens is 1. The molecule has 0 fully saturated rings. The van der Waals surface area contributed by atoms with Gasteiger partial charge in [-0.05, 0) is 25.0 Å². The molecule has 0 radical (unpaired) electrons. The van der Waals surface area contributed by atoms with Crippen LogP contribution in [0.5, 0.6) is 0 Å². The third-order valence-electron chi connectivity index (χ3n) is 2.53. The third kappa shape index (κ3) is 5.58. The Hall–Kier alpha value is -1.22. The van der Waals surface area contributed by atoms with Crippen molar-refractivity contribution < 1.29 is 18.1 Å². The number of hydrogen-bond acceptors (Lipinski definition) is 5. The second-order valence-corrected chi connectivity index (χ2v) is 6.41. The number of sulfonamides is 1. The number of nitrogens with one attached hydrogen (secondary N) is 1. The van der Waals surface area contributed by atoms with E-state index in [1.54, 1.807) is 0 Å². The Bertz CT molecular complexity index is 591. The molecular formula is C12H17ClN2O5S. The molecule has 0 aliphatic rings. The Morgan fingerprint density at radius 1 is 1.38 bits per heavy atom. The zero-order valence-electron chi connectivity index (χ0n) is 11.5. The highest BCUT2D eigenvalue weighted by atomic mass is 35.5. The quantitative estimate of drug-likeness (QED) is 0.424. The minimum absolute atomic E-state index is 0.105. The summed E-state index contributed by atoms with van der Waals surface area (Å²) in [7, 11) is -3.79. The van der Waals surface area contributed by atoms with E-state index in [9.17, 15) is 18.5 Å². The average Bonchev–Trinajstić information content (AvgIpc) is 2.42. The normalized spacial score (nSPS) is 11.5. The van der Waals surface area contributed by atoms with Gasteiger partial charge in [0.05, 0.1) is 9.82 Å². The van der Waals surface area contributed by atoms with Crippen molar-refractivity contribution in [1.29, 1.82) is 0 Å². The van der Waals surface area contributed by atoms with Gasteiger partial charge in [-0.2, -0.15) is 0 Å². The van der Waals surface area contributed by atoms with Crippen LogP contribution in [0.15, 0.2) is 23.1 Å². The van der Waals surface area contributed by atoms with E-state index in [0.717, 1.165) is 12.5 Å². The molecule has 0 heterocycles. The van der Waals surface area contributed by atoms with Gasteiger partial charge in [0.2, 0.25) is 10.0 Å². The molecule has 9 heteroatoms. The first-order valence-corrected chi connectivity index (χ1v) is 8.26. The van der Waals surface area contributed by atoms with Gasteiger partial charge in [0.25, 0.3) is 5.69 Å². The zero-order valence-corrected chi connectivity index (χ0v) is 13.1. The largest absolute Gasteiger partial charge is 0.381 e. The van der Waals surface area contributed by atoms with Crippen molar-refractivity contribution >= 4 is 27.3 Å². The molecule has 1 aromatic rings. The lowest BCUT2D eigenvalue weighted by atomic mass is 10.3. The van der Waals surface area contributed by atoms with E-state index >= 15 is 0 Å². The van der Waals surface area contributed by atoms with Gasteiger partial charge < -0.3 is 4.74 Å². The van der Waals surface area contributed by atoms with Crippen molar-refractivity contribution in [3.63, 3.8) is 0 Å². The SMILES string of the molecule is CCCOCCCNS(=O)(=O)c1ccc(Cl)c([N+](=O)[O-])c1. The molecule has 0 bridgehead atoms. The van der Waals surface area contributed by atoms with Gasteiger partial charge in [0.1, 0.15) is 5.02 Å². The summed E-state index contributed by atoms with van der Waals surface area (Å²) in [6.45, 7) is 3.27. The molecule has 0 unspecified atom stereocenters. The molecule has 0 saturated carbocycles. The number of nitro benzene ring substituents is 1. The average molecular weight is 337 g/mol. The lowest BCUT2D eigenvalue weighted by Crippen LogP contribution is -2.25. The highest BCUT2D eigenvalue weighted by Crippen LogP contribution is 2.26. The smallest absolute Gasteiger partial charge is 0.289 e. The second kappa shape index (κ2) is 8.28. The minimum atomic E-state index is -3.79. The van der Waals surface area contributed by atoms with Crippen LogP contribution < -0.4 is 4.72 Å². The van der Waals surface area contributed by atoms with Crippen LogP contribution in [0, 0.1) is 10.1 Å². The molecule has 118 valence electrons. The summed E-state index contributed by atoms with van der Waals surface area (Å²) < 4.78 is 31.6. The zero-order chi connectivity index (χ0) is 15.9. The molecule has 1 aromatic carbocycles. The molecule has 0 atom stereocenters. The highest BCUT2D eigenvalue weighted by Gasteiger charge is 2.20. The summed E-state index contributed by atoms with van der Waals surface area (Å²) in [5.41, 5.74) is -0.439. The summed E-state index contributed by atoms with van der Waals surface area (Å²) >= 11 is 5.64. The van der Waals surface area contributed by atoms with Crippen LogP contribution in [0.3, 0.4) is 0 Å². The monoisotopic (exact) mass is 336 g/mol. The fraction of sp³-hybridized carbons (Fsp3) is 0.500. The first-order valence-electron chi connectivity index (χ1n) is 6.40. The summed E-state index contributed by atoms with van der Waals surface area (Å²) in [6, 6.07) is 3.36. The number of rotatable bonds is 9. The van der Waals surface area contributed by atoms with E-state index in [1.165, 1.54) is 12.1 Å². The maximum atomic E-state index is 12.0. The molecular weight excluding hydrogens is 320 g/mol. The van der Waals surface area contributed by atoms with Crippen LogP contribution in [0.4, 0.5) is 5.69 Å². The van der Waals surface area contributed by atoms with Crippen molar-refractivity contribution in [3.05, 3.63) is 33.3 Å². The molecule has 1 rings (SSSR count). The number of nitrogens with zero attached hydrogens (tertiary/aromatic N) is 1. The molecule has 0 aliphatic carbocycles. The van der Waals surface area contributed by atoms with Gasteiger partial charge in [-0.15, -0.1) is 0 Å². The molecule has 7 nitrogen and oxygen atoms in total. The second-order valence-electron chi connectivity index (χ2n) is 4.23. The van der Waals surface area contributed by atoms with Crippen LogP contribution in [0.25, 0.3) is 0 Å². The first kappa shape index (κ1) is 17.8. The van der Waals surface area contributed by atoms with Crippen LogP contribution in [-0.4, -0.2) is 33.1 Å². The molecule has 1 N–H and O–H groups in total. The standard InChI is InChI=1S/C12H17ClN2O5S/c1-2-7-20-8-3-6-14-21(18,19)10-4-5-11(13)12(9-10)15(16)17/h4-5,9,14H,2-3,6-8H2,1H3. The maximum absolute atomic E-state index is 12.0. The molecule has 0 aromatic heterocycles. The Morgan fingerprint density at radius 3 is 2.71 bits per heavy atom. The topological polar surface area (TPSA) is 98.5 Å². The van der Waals surface area contributed by atoms with Gasteiger partial charge in [0, 0.05) is 25.8 Å². The van der Waals surface area contributed by atoms with Crippen LogP contribution in [0.2, 0.25) is 5.02 Å². The number of benzene rings is 1. The summed E-state index contributed by atoms with van der Waals surface area (Å²) in [5, 5.41) is 10.6. The Kier molecular flexibility index (Phi) is 7.03. The van der Waals surface area contributed by atoms with Crippen molar-refractivity contribution in [2.75, 3.05) is 19.8 Å².